The van der Waals surface area contributed by atoms with Crippen LogP contribution >= 0.6 is 12.2 Å². The third-order valence-electron chi connectivity index (χ3n) is 3.09. The molecule has 0 spiro atoms. The molecular formula is C14H20N2OS. The van der Waals surface area contributed by atoms with E-state index in [1.807, 2.05) is 30.3 Å². The molecule has 0 unspecified atom stereocenters. The van der Waals surface area contributed by atoms with Gasteiger partial charge in [0, 0.05) is 6.04 Å². The van der Waals surface area contributed by atoms with Gasteiger partial charge in [-0.25, -0.2) is 0 Å². The molecule has 1 aromatic rings. The van der Waals surface area contributed by atoms with Crippen LogP contribution < -0.4 is 15.4 Å². The fraction of sp³-hybridized carbons (Fsp3) is 0.500. The molecule has 0 heterocycles. The quantitative estimate of drug-likeness (QED) is 0.632. The van der Waals surface area contributed by atoms with Gasteiger partial charge in [0.15, 0.2) is 5.11 Å². The van der Waals surface area contributed by atoms with Crippen molar-refractivity contribution in [3.8, 4) is 5.75 Å². The molecule has 18 heavy (non-hydrogen) atoms. The Balaban J connectivity index is 1.56. The van der Waals surface area contributed by atoms with Crippen LogP contribution in [0.1, 0.15) is 25.7 Å². The van der Waals surface area contributed by atoms with Crippen LogP contribution in [0.3, 0.4) is 0 Å². The third kappa shape index (κ3) is 4.53. The summed E-state index contributed by atoms with van der Waals surface area (Å²) >= 11 is 5.24. The Hall–Kier alpha value is -1.29. The third-order valence-corrected chi connectivity index (χ3v) is 3.35. The SMILES string of the molecule is S=C(NCCOc1ccccc1)NC1CCCC1. The Morgan fingerprint density at radius 3 is 2.67 bits per heavy atom. The first-order valence-electron chi connectivity index (χ1n) is 6.57. The van der Waals surface area contributed by atoms with Crippen molar-refractivity contribution in [1.29, 1.82) is 0 Å². The van der Waals surface area contributed by atoms with E-state index >= 15 is 0 Å². The summed E-state index contributed by atoms with van der Waals surface area (Å²) < 4.78 is 5.58. The molecule has 0 radical (unpaired) electrons. The van der Waals surface area contributed by atoms with E-state index in [2.05, 4.69) is 10.6 Å². The number of ether oxygens (including phenoxy) is 1. The zero-order chi connectivity index (χ0) is 12.6. The maximum atomic E-state index is 5.58. The largest absolute Gasteiger partial charge is 0.492 e. The second kappa shape index (κ2) is 7.21. The van der Waals surface area contributed by atoms with E-state index in [4.69, 9.17) is 17.0 Å². The molecule has 0 atom stereocenters. The lowest BCUT2D eigenvalue weighted by atomic mass is 10.3. The highest BCUT2D eigenvalue weighted by Crippen LogP contribution is 2.17. The minimum atomic E-state index is 0.569. The van der Waals surface area contributed by atoms with Gasteiger partial charge in [-0.15, -0.1) is 0 Å². The average molecular weight is 264 g/mol. The summed E-state index contributed by atoms with van der Waals surface area (Å²) in [6, 6.07) is 10.4. The highest BCUT2D eigenvalue weighted by molar-refractivity contribution is 7.80. The van der Waals surface area contributed by atoms with Gasteiger partial charge in [0.05, 0.1) is 6.54 Å². The van der Waals surface area contributed by atoms with Crippen LogP contribution in [-0.2, 0) is 0 Å². The molecule has 1 aliphatic rings. The van der Waals surface area contributed by atoms with Crippen LogP contribution in [0.2, 0.25) is 0 Å². The number of nitrogens with one attached hydrogen (secondary N) is 2. The van der Waals surface area contributed by atoms with Crippen molar-refractivity contribution in [1.82, 2.24) is 10.6 Å². The van der Waals surface area contributed by atoms with Crippen molar-refractivity contribution < 1.29 is 4.74 Å². The number of rotatable bonds is 5. The van der Waals surface area contributed by atoms with E-state index in [0.717, 1.165) is 17.4 Å². The van der Waals surface area contributed by atoms with E-state index in [-0.39, 0.29) is 0 Å². The molecule has 0 bridgehead atoms. The normalized spacial score (nSPS) is 15.3. The fourth-order valence-corrected chi connectivity index (χ4v) is 2.43. The molecule has 1 aliphatic carbocycles. The van der Waals surface area contributed by atoms with E-state index in [0.29, 0.717) is 12.6 Å². The zero-order valence-corrected chi connectivity index (χ0v) is 11.3. The van der Waals surface area contributed by atoms with Crippen molar-refractivity contribution >= 4 is 17.3 Å². The summed E-state index contributed by atoms with van der Waals surface area (Å²) in [5.41, 5.74) is 0. The van der Waals surface area contributed by atoms with Gasteiger partial charge in [0.1, 0.15) is 12.4 Å². The monoisotopic (exact) mass is 264 g/mol. The molecule has 0 aliphatic heterocycles. The molecule has 3 nitrogen and oxygen atoms in total. The Morgan fingerprint density at radius 1 is 1.22 bits per heavy atom. The van der Waals surface area contributed by atoms with Crippen LogP contribution in [0.5, 0.6) is 5.75 Å². The van der Waals surface area contributed by atoms with Crippen molar-refractivity contribution in [2.75, 3.05) is 13.2 Å². The number of para-hydroxylation sites is 1. The Labute approximate surface area is 114 Å². The van der Waals surface area contributed by atoms with Crippen LogP contribution in [-0.4, -0.2) is 24.3 Å². The molecule has 98 valence electrons. The van der Waals surface area contributed by atoms with E-state index in [9.17, 15) is 0 Å². The molecule has 1 aromatic carbocycles. The van der Waals surface area contributed by atoms with Gasteiger partial charge in [0.2, 0.25) is 0 Å². The Bertz CT molecular complexity index is 363. The second-order valence-electron chi connectivity index (χ2n) is 4.54. The predicted octanol–water partition coefficient (Wildman–Crippen LogP) is 2.47. The predicted molar refractivity (Wildman–Crippen MR) is 77.9 cm³/mol. The Kier molecular flexibility index (Phi) is 5.27. The molecule has 1 fully saturated rings. The van der Waals surface area contributed by atoms with E-state index < -0.39 is 0 Å². The smallest absolute Gasteiger partial charge is 0.166 e. The minimum Gasteiger partial charge on any atom is -0.492 e. The van der Waals surface area contributed by atoms with Gasteiger partial charge in [-0.1, -0.05) is 31.0 Å². The molecular weight excluding hydrogens is 244 g/mol. The summed E-state index contributed by atoms with van der Waals surface area (Å²) in [6.07, 6.45) is 5.11. The maximum Gasteiger partial charge on any atom is 0.166 e. The number of hydrogen-bond acceptors (Lipinski definition) is 2. The van der Waals surface area contributed by atoms with Crippen LogP contribution in [0.25, 0.3) is 0 Å². The minimum absolute atomic E-state index is 0.569. The summed E-state index contributed by atoms with van der Waals surface area (Å²) in [5.74, 6) is 0.897. The first kappa shape index (κ1) is 13.1. The van der Waals surface area contributed by atoms with Crippen LogP contribution in [0, 0.1) is 0 Å². The summed E-state index contributed by atoms with van der Waals surface area (Å²) in [7, 11) is 0. The molecule has 2 rings (SSSR count). The average Bonchev–Trinajstić information content (AvgIpc) is 2.89. The lowest BCUT2D eigenvalue weighted by molar-refractivity contribution is 0.322. The summed E-state index contributed by atoms with van der Waals surface area (Å²) in [6.45, 7) is 1.35. The number of hydrogen-bond donors (Lipinski definition) is 2. The van der Waals surface area contributed by atoms with E-state index in [1.165, 1.54) is 25.7 Å². The van der Waals surface area contributed by atoms with Crippen molar-refractivity contribution in [3.05, 3.63) is 30.3 Å². The Morgan fingerprint density at radius 2 is 1.94 bits per heavy atom. The molecule has 0 amide bonds. The zero-order valence-electron chi connectivity index (χ0n) is 10.5. The standard InChI is InChI=1S/C14H20N2OS/c18-14(16-12-6-4-5-7-12)15-10-11-17-13-8-2-1-3-9-13/h1-3,8-9,12H,4-7,10-11H2,(H2,15,16,18). The topological polar surface area (TPSA) is 33.3 Å². The number of thiocarbonyl (C=S) groups is 1. The molecule has 1 saturated carbocycles. The van der Waals surface area contributed by atoms with Crippen LogP contribution in [0.15, 0.2) is 30.3 Å². The molecule has 2 N–H and O–H groups in total. The lowest BCUT2D eigenvalue weighted by Crippen LogP contribution is -2.42. The number of benzene rings is 1. The highest BCUT2D eigenvalue weighted by Gasteiger charge is 2.14. The van der Waals surface area contributed by atoms with Gasteiger partial charge in [0.25, 0.3) is 0 Å². The van der Waals surface area contributed by atoms with Gasteiger partial charge in [-0.2, -0.15) is 0 Å². The highest BCUT2D eigenvalue weighted by atomic mass is 32.1. The van der Waals surface area contributed by atoms with Crippen molar-refractivity contribution in [2.24, 2.45) is 0 Å². The van der Waals surface area contributed by atoms with Gasteiger partial charge in [-0.05, 0) is 37.2 Å². The molecule has 0 saturated heterocycles. The molecule has 0 aromatic heterocycles. The summed E-state index contributed by atoms with van der Waals surface area (Å²) in [5, 5.41) is 7.27. The first-order valence-corrected chi connectivity index (χ1v) is 6.97. The van der Waals surface area contributed by atoms with Crippen molar-refractivity contribution in [3.63, 3.8) is 0 Å². The lowest BCUT2D eigenvalue weighted by Gasteiger charge is -2.15. The fourth-order valence-electron chi connectivity index (χ4n) is 2.16. The van der Waals surface area contributed by atoms with E-state index in [1.54, 1.807) is 0 Å². The molecule has 4 heteroatoms. The summed E-state index contributed by atoms with van der Waals surface area (Å²) in [4.78, 5) is 0. The van der Waals surface area contributed by atoms with Crippen molar-refractivity contribution in [2.45, 2.75) is 31.7 Å². The van der Waals surface area contributed by atoms with Crippen LogP contribution in [0.4, 0.5) is 0 Å². The second-order valence-corrected chi connectivity index (χ2v) is 4.95. The van der Waals surface area contributed by atoms with Gasteiger partial charge in [-0.3, -0.25) is 0 Å². The first-order chi connectivity index (χ1) is 8.84. The van der Waals surface area contributed by atoms with Gasteiger partial charge < -0.3 is 15.4 Å². The van der Waals surface area contributed by atoms with Gasteiger partial charge >= 0.3 is 0 Å². The maximum absolute atomic E-state index is 5.58.